The minimum absolute atomic E-state index is 0.0960. The summed E-state index contributed by atoms with van der Waals surface area (Å²) in [6.45, 7) is 0.328. The molecule has 0 saturated carbocycles. The molecule has 142 valence electrons. The number of piperidine rings is 1. The van der Waals surface area contributed by atoms with Gasteiger partial charge in [0.15, 0.2) is 11.5 Å². The highest BCUT2D eigenvalue weighted by Gasteiger charge is 2.36. The first kappa shape index (κ1) is 19.6. The van der Waals surface area contributed by atoms with Gasteiger partial charge >= 0.3 is 5.97 Å². The van der Waals surface area contributed by atoms with Crippen molar-refractivity contribution in [3.8, 4) is 17.2 Å². The Labute approximate surface area is 152 Å². The molecule has 1 saturated heterocycles. The van der Waals surface area contributed by atoms with Crippen LogP contribution in [0, 0.1) is 0 Å². The Morgan fingerprint density at radius 3 is 2.08 bits per heavy atom. The van der Waals surface area contributed by atoms with Gasteiger partial charge in [-0.1, -0.05) is 0 Å². The number of benzene rings is 1. The fourth-order valence-corrected chi connectivity index (χ4v) is 3.02. The summed E-state index contributed by atoms with van der Waals surface area (Å²) >= 11 is 0. The van der Waals surface area contributed by atoms with E-state index in [9.17, 15) is 14.4 Å². The fraction of sp³-hybridized carbons (Fsp3) is 0.500. The molecule has 0 bridgehead atoms. The lowest BCUT2D eigenvalue weighted by molar-refractivity contribution is -0.153. The zero-order valence-corrected chi connectivity index (χ0v) is 15.4. The standard InChI is InChI=1S/C18H23NO7/c1-23-13-9-11(10-14(24-2)16(13)25-3)15(20)17(21)19-8-6-5-7-12(19)18(22)26-4/h9-10,12H,5-8H2,1-4H3/t12-/m0/s1. The molecule has 0 aliphatic carbocycles. The summed E-state index contributed by atoms with van der Waals surface area (Å²) in [6, 6.07) is 2.09. The average Bonchev–Trinajstić information content (AvgIpc) is 2.70. The van der Waals surface area contributed by atoms with Gasteiger partial charge in [0.1, 0.15) is 6.04 Å². The molecule has 1 heterocycles. The molecule has 2 rings (SSSR count). The van der Waals surface area contributed by atoms with Crippen molar-refractivity contribution in [3.05, 3.63) is 17.7 Å². The molecule has 1 fully saturated rings. The van der Waals surface area contributed by atoms with Crippen LogP contribution in [0.3, 0.4) is 0 Å². The summed E-state index contributed by atoms with van der Waals surface area (Å²) in [5.41, 5.74) is 0.0960. The van der Waals surface area contributed by atoms with Gasteiger partial charge in [-0.3, -0.25) is 9.59 Å². The van der Waals surface area contributed by atoms with Gasteiger partial charge in [-0.25, -0.2) is 4.79 Å². The molecule has 1 aromatic rings. The lowest BCUT2D eigenvalue weighted by Crippen LogP contribution is -2.50. The van der Waals surface area contributed by atoms with Gasteiger partial charge in [0.25, 0.3) is 11.7 Å². The third kappa shape index (κ3) is 3.74. The number of methoxy groups -OCH3 is 4. The van der Waals surface area contributed by atoms with Crippen LogP contribution in [0.25, 0.3) is 0 Å². The second kappa shape index (κ2) is 8.55. The van der Waals surface area contributed by atoms with Crippen molar-refractivity contribution >= 4 is 17.7 Å². The second-order valence-corrected chi connectivity index (χ2v) is 5.78. The van der Waals surface area contributed by atoms with Gasteiger partial charge in [-0.15, -0.1) is 0 Å². The molecule has 0 aromatic heterocycles. The number of ether oxygens (including phenoxy) is 4. The molecule has 0 spiro atoms. The highest BCUT2D eigenvalue weighted by atomic mass is 16.5. The number of Topliss-reactive ketones (excluding diaryl/α,β-unsaturated/α-hetero) is 1. The van der Waals surface area contributed by atoms with E-state index in [-0.39, 0.29) is 17.1 Å². The Morgan fingerprint density at radius 2 is 1.58 bits per heavy atom. The van der Waals surface area contributed by atoms with Gasteiger partial charge in [-0.2, -0.15) is 0 Å². The van der Waals surface area contributed by atoms with E-state index in [1.54, 1.807) is 0 Å². The van der Waals surface area contributed by atoms with E-state index in [0.29, 0.717) is 18.7 Å². The second-order valence-electron chi connectivity index (χ2n) is 5.78. The summed E-state index contributed by atoms with van der Waals surface area (Å²) in [5.74, 6) is -1.16. The predicted molar refractivity (Wildman–Crippen MR) is 91.8 cm³/mol. The van der Waals surface area contributed by atoms with Crippen LogP contribution in [0.5, 0.6) is 17.2 Å². The van der Waals surface area contributed by atoms with Crippen LogP contribution >= 0.6 is 0 Å². The highest BCUT2D eigenvalue weighted by Crippen LogP contribution is 2.38. The van der Waals surface area contributed by atoms with Crippen LogP contribution < -0.4 is 14.2 Å². The number of likely N-dealkylation sites (tertiary alicyclic amines) is 1. The SMILES string of the molecule is COC(=O)[C@@H]1CCCCN1C(=O)C(=O)c1cc(OC)c(OC)c(OC)c1. The molecule has 1 aliphatic heterocycles. The Morgan fingerprint density at radius 1 is 0.962 bits per heavy atom. The average molecular weight is 365 g/mol. The number of esters is 1. The number of amides is 1. The molecule has 0 unspecified atom stereocenters. The van der Waals surface area contributed by atoms with Crippen LogP contribution in [0.1, 0.15) is 29.6 Å². The van der Waals surface area contributed by atoms with Gasteiger partial charge in [0.05, 0.1) is 28.4 Å². The van der Waals surface area contributed by atoms with Crippen molar-refractivity contribution in [3.63, 3.8) is 0 Å². The topological polar surface area (TPSA) is 91.4 Å². The number of hydrogen-bond acceptors (Lipinski definition) is 7. The fourth-order valence-electron chi connectivity index (χ4n) is 3.02. The zero-order chi connectivity index (χ0) is 19.3. The molecule has 8 nitrogen and oxygen atoms in total. The summed E-state index contributed by atoms with van der Waals surface area (Å²) in [4.78, 5) is 38.7. The number of carbonyl (C=O) groups excluding carboxylic acids is 3. The lowest BCUT2D eigenvalue weighted by atomic mass is 10.00. The third-order valence-corrected chi connectivity index (χ3v) is 4.36. The number of carbonyl (C=O) groups is 3. The maximum atomic E-state index is 12.7. The largest absolute Gasteiger partial charge is 0.493 e. The van der Waals surface area contributed by atoms with Crippen LogP contribution in [0.2, 0.25) is 0 Å². The van der Waals surface area contributed by atoms with Gasteiger partial charge in [-0.05, 0) is 31.4 Å². The van der Waals surface area contributed by atoms with E-state index in [4.69, 9.17) is 18.9 Å². The van der Waals surface area contributed by atoms with E-state index in [1.807, 2.05) is 0 Å². The van der Waals surface area contributed by atoms with E-state index in [0.717, 1.165) is 12.8 Å². The van der Waals surface area contributed by atoms with E-state index in [1.165, 1.54) is 45.5 Å². The lowest BCUT2D eigenvalue weighted by Gasteiger charge is -2.33. The summed E-state index contributed by atoms with van der Waals surface area (Å²) < 4.78 is 20.4. The Bertz CT molecular complexity index is 676. The highest BCUT2D eigenvalue weighted by molar-refractivity contribution is 6.43. The first-order chi connectivity index (χ1) is 12.5. The maximum absolute atomic E-state index is 12.7. The molecule has 1 amide bonds. The van der Waals surface area contributed by atoms with E-state index >= 15 is 0 Å². The van der Waals surface area contributed by atoms with Crippen molar-refractivity contribution in [2.45, 2.75) is 25.3 Å². The van der Waals surface area contributed by atoms with Crippen LogP contribution in [-0.4, -0.2) is 63.6 Å². The molecule has 1 atom stereocenters. The molecule has 1 aromatic carbocycles. The quantitative estimate of drug-likeness (QED) is 0.428. The van der Waals surface area contributed by atoms with Crippen LogP contribution in [0.4, 0.5) is 0 Å². The van der Waals surface area contributed by atoms with E-state index < -0.39 is 23.7 Å². The summed E-state index contributed by atoms with van der Waals surface area (Å²) in [6.07, 6.45) is 1.99. The molecule has 0 N–H and O–H groups in total. The van der Waals surface area contributed by atoms with Crippen molar-refractivity contribution in [1.82, 2.24) is 4.90 Å². The van der Waals surface area contributed by atoms with Crippen molar-refractivity contribution in [2.75, 3.05) is 35.0 Å². The number of ketones is 1. The third-order valence-electron chi connectivity index (χ3n) is 4.36. The summed E-state index contributed by atoms with van der Waals surface area (Å²) in [5, 5.41) is 0. The molecular formula is C18H23NO7. The minimum atomic E-state index is -0.755. The van der Waals surface area contributed by atoms with Gasteiger partial charge in [0, 0.05) is 12.1 Å². The maximum Gasteiger partial charge on any atom is 0.328 e. The molecule has 8 heteroatoms. The predicted octanol–water partition coefficient (Wildman–Crippen LogP) is 1.45. The Hall–Kier alpha value is -2.77. The molecule has 26 heavy (non-hydrogen) atoms. The van der Waals surface area contributed by atoms with Gasteiger partial charge < -0.3 is 23.8 Å². The van der Waals surface area contributed by atoms with Gasteiger partial charge in [0.2, 0.25) is 5.75 Å². The smallest absolute Gasteiger partial charge is 0.328 e. The minimum Gasteiger partial charge on any atom is -0.493 e. The first-order valence-corrected chi connectivity index (χ1v) is 8.21. The van der Waals surface area contributed by atoms with Crippen LogP contribution in [-0.2, 0) is 14.3 Å². The van der Waals surface area contributed by atoms with Crippen molar-refractivity contribution in [1.29, 1.82) is 0 Å². The number of nitrogens with zero attached hydrogens (tertiary/aromatic N) is 1. The Kier molecular flexibility index (Phi) is 6.43. The van der Waals surface area contributed by atoms with E-state index in [2.05, 4.69) is 0 Å². The van der Waals surface area contributed by atoms with Crippen molar-refractivity contribution in [2.24, 2.45) is 0 Å². The number of rotatable bonds is 6. The zero-order valence-electron chi connectivity index (χ0n) is 15.4. The molecular weight excluding hydrogens is 342 g/mol. The molecule has 0 radical (unpaired) electrons. The Balaban J connectivity index is 2.35. The van der Waals surface area contributed by atoms with Crippen LogP contribution in [0.15, 0.2) is 12.1 Å². The number of hydrogen-bond donors (Lipinski definition) is 0. The summed E-state index contributed by atoms with van der Waals surface area (Å²) in [7, 11) is 5.55. The monoisotopic (exact) mass is 365 g/mol. The first-order valence-electron chi connectivity index (χ1n) is 8.21. The molecule has 1 aliphatic rings. The van der Waals surface area contributed by atoms with Crippen molar-refractivity contribution < 1.29 is 33.3 Å². The normalized spacial score (nSPS) is 16.6.